The number of allylic oxidation sites excluding steroid dienone is 1. The largest absolute Gasteiger partial charge is 0.393 e. The smallest absolute Gasteiger partial charge is 0.146 e. The van der Waals surface area contributed by atoms with Crippen molar-refractivity contribution in [2.45, 2.75) is 103 Å². The van der Waals surface area contributed by atoms with Gasteiger partial charge in [0.1, 0.15) is 5.72 Å². The molecule has 4 aliphatic carbocycles. The molecule has 6 rings (SSSR count). The van der Waals surface area contributed by atoms with Gasteiger partial charge in [-0.2, -0.15) is 5.06 Å². The molecule has 4 heteroatoms. The van der Waals surface area contributed by atoms with Gasteiger partial charge in [-0.3, -0.25) is 0 Å². The predicted octanol–water partition coefficient (Wildman–Crippen LogP) is 5.39. The number of hydrogen-bond acceptors (Lipinski definition) is 4. The first-order valence-corrected chi connectivity index (χ1v) is 13.2. The van der Waals surface area contributed by atoms with Crippen molar-refractivity contribution >= 4 is 0 Å². The Labute approximate surface area is 188 Å². The quantitative estimate of drug-likeness (QED) is 0.507. The maximum absolute atomic E-state index is 11.0. The second kappa shape index (κ2) is 6.81. The van der Waals surface area contributed by atoms with Crippen LogP contribution >= 0.6 is 0 Å². The fraction of sp³-hybridized carbons (Fsp3) is 0.926. The maximum Gasteiger partial charge on any atom is 0.146 e. The Kier molecular flexibility index (Phi) is 4.64. The molecule has 0 aromatic carbocycles. The van der Waals surface area contributed by atoms with Crippen LogP contribution in [0.15, 0.2) is 11.6 Å². The van der Waals surface area contributed by atoms with Crippen LogP contribution in [0.4, 0.5) is 0 Å². The summed E-state index contributed by atoms with van der Waals surface area (Å²) in [4.78, 5) is 0. The van der Waals surface area contributed by atoms with E-state index in [4.69, 9.17) is 4.74 Å². The van der Waals surface area contributed by atoms with Gasteiger partial charge in [0.25, 0.3) is 0 Å². The summed E-state index contributed by atoms with van der Waals surface area (Å²) in [7, 11) is 0. The third-order valence-corrected chi connectivity index (χ3v) is 11.7. The maximum atomic E-state index is 11.0. The standard InChI is InChI=1S/C27H43NO3/c1-16-7-12-27(28(30)15-16)17(2)24-23(31-27)14-22-20-6-5-18-13-19(29)8-10-25(18,3)21(20)9-11-26(22,24)4/h5,16-17,19-24,29-30H,6-15H2,1-4H3/t16-,17+,19+,20-,21+,22+,23+,24+,25+,26+,27-/m1/s1. The minimum absolute atomic E-state index is 0.124. The van der Waals surface area contributed by atoms with Gasteiger partial charge in [0.2, 0.25) is 0 Å². The van der Waals surface area contributed by atoms with Gasteiger partial charge in [-0.05, 0) is 98.2 Å². The second-order valence-electron chi connectivity index (χ2n) is 13.0. The number of hydrogen-bond donors (Lipinski definition) is 2. The van der Waals surface area contributed by atoms with Crippen LogP contribution in [0.1, 0.15) is 85.5 Å². The highest BCUT2D eigenvalue weighted by molar-refractivity contribution is 5.26. The first-order valence-electron chi connectivity index (χ1n) is 13.2. The summed E-state index contributed by atoms with van der Waals surface area (Å²) in [6, 6.07) is 0. The number of ether oxygens (including phenoxy) is 1. The van der Waals surface area contributed by atoms with E-state index in [1.54, 1.807) is 10.6 Å². The third kappa shape index (κ3) is 2.68. The number of aliphatic hydroxyl groups excluding tert-OH is 1. The van der Waals surface area contributed by atoms with Gasteiger partial charge in [-0.25, -0.2) is 0 Å². The molecule has 2 N–H and O–H groups in total. The lowest BCUT2D eigenvalue weighted by molar-refractivity contribution is -0.310. The minimum Gasteiger partial charge on any atom is -0.393 e. The number of piperidine rings is 1. The van der Waals surface area contributed by atoms with Crippen molar-refractivity contribution in [3.63, 3.8) is 0 Å². The van der Waals surface area contributed by atoms with Crippen molar-refractivity contribution in [2.75, 3.05) is 6.54 Å². The molecular formula is C27H43NO3. The molecule has 174 valence electrons. The van der Waals surface area contributed by atoms with Crippen molar-refractivity contribution in [1.29, 1.82) is 0 Å². The molecule has 5 fully saturated rings. The highest BCUT2D eigenvalue weighted by Crippen LogP contribution is 2.70. The third-order valence-electron chi connectivity index (χ3n) is 11.7. The zero-order valence-corrected chi connectivity index (χ0v) is 20.0. The van der Waals surface area contributed by atoms with E-state index in [0.29, 0.717) is 34.7 Å². The lowest BCUT2D eigenvalue weighted by Crippen LogP contribution is -2.57. The molecule has 11 atom stereocenters. The fourth-order valence-corrected chi connectivity index (χ4v) is 10.0. The molecule has 6 aliphatic rings. The Morgan fingerprint density at radius 3 is 2.65 bits per heavy atom. The molecule has 0 bridgehead atoms. The van der Waals surface area contributed by atoms with Crippen molar-refractivity contribution < 1.29 is 15.1 Å². The Morgan fingerprint density at radius 1 is 1.06 bits per heavy atom. The van der Waals surface area contributed by atoms with Crippen molar-refractivity contribution in [1.82, 2.24) is 5.06 Å². The topological polar surface area (TPSA) is 52.9 Å². The van der Waals surface area contributed by atoms with E-state index in [2.05, 4.69) is 33.8 Å². The summed E-state index contributed by atoms with van der Waals surface area (Å²) >= 11 is 0. The lowest BCUT2D eigenvalue weighted by Gasteiger charge is -2.58. The lowest BCUT2D eigenvalue weighted by atomic mass is 9.47. The molecule has 2 heterocycles. The minimum atomic E-state index is -0.447. The number of hydroxylamine groups is 2. The zero-order valence-electron chi connectivity index (χ0n) is 20.0. The van der Waals surface area contributed by atoms with E-state index < -0.39 is 5.72 Å². The fourth-order valence-electron chi connectivity index (χ4n) is 10.0. The van der Waals surface area contributed by atoms with Crippen molar-refractivity contribution in [2.24, 2.45) is 46.3 Å². The van der Waals surface area contributed by atoms with Crippen LogP contribution in [0, 0.1) is 46.3 Å². The van der Waals surface area contributed by atoms with Gasteiger partial charge in [-0.15, -0.1) is 0 Å². The summed E-state index contributed by atoms with van der Waals surface area (Å²) in [6.45, 7) is 10.5. The Morgan fingerprint density at radius 2 is 1.87 bits per heavy atom. The first-order chi connectivity index (χ1) is 14.7. The summed E-state index contributed by atoms with van der Waals surface area (Å²) in [6.07, 6.45) is 12.9. The molecule has 0 radical (unpaired) electrons. The zero-order chi connectivity index (χ0) is 21.8. The highest BCUT2D eigenvalue weighted by atomic mass is 16.6. The van der Waals surface area contributed by atoms with Crippen LogP contribution in [0.2, 0.25) is 0 Å². The Bertz CT molecular complexity index is 782. The van der Waals surface area contributed by atoms with Crippen molar-refractivity contribution in [3.8, 4) is 0 Å². The average Bonchev–Trinajstić information content (AvgIpc) is 3.17. The van der Waals surface area contributed by atoms with Gasteiger partial charge in [-0.1, -0.05) is 39.3 Å². The van der Waals surface area contributed by atoms with E-state index in [-0.39, 0.29) is 6.10 Å². The molecule has 1 spiro atoms. The summed E-state index contributed by atoms with van der Waals surface area (Å²) in [5.74, 6) is 3.76. The predicted molar refractivity (Wildman–Crippen MR) is 120 cm³/mol. The first kappa shape index (κ1) is 21.1. The number of rotatable bonds is 0. The summed E-state index contributed by atoms with van der Waals surface area (Å²) < 4.78 is 6.90. The van der Waals surface area contributed by atoms with Crippen molar-refractivity contribution in [3.05, 3.63) is 11.6 Å². The number of aliphatic hydroxyl groups is 1. The molecule has 2 aliphatic heterocycles. The van der Waals surface area contributed by atoms with Gasteiger partial charge >= 0.3 is 0 Å². The van der Waals surface area contributed by atoms with Gasteiger partial charge in [0, 0.05) is 12.5 Å². The van der Waals surface area contributed by atoms with E-state index in [0.717, 1.165) is 56.4 Å². The molecule has 31 heavy (non-hydrogen) atoms. The Hall–Kier alpha value is -0.420. The molecule has 0 aromatic rings. The molecule has 0 aromatic heterocycles. The summed E-state index contributed by atoms with van der Waals surface area (Å²) in [5, 5.41) is 22.8. The highest BCUT2D eigenvalue weighted by Gasteiger charge is 2.69. The molecular weight excluding hydrogens is 386 g/mol. The number of fused-ring (bicyclic) bond motifs is 7. The second-order valence-corrected chi connectivity index (χ2v) is 13.0. The normalized spacial score (nSPS) is 59.0. The number of nitrogens with zero attached hydrogens (tertiary/aromatic N) is 1. The molecule has 3 saturated carbocycles. The van der Waals surface area contributed by atoms with Crippen LogP contribution in [-0.4, -0.2) is 39.9 Å². The molecule has 4 nitrogen and oxygen atoms in total. The SMILES string of the molecule is C[C@@H]1CC[C@]2(O[C@H]3C[C@H]4[C@@H]5CC=C6C[C@@H](O)CC[C@]6(C)[C@H]5CC[C@]4(C)[C@H]3[C@@H]2C)N(O)C1. The van der Waals surface area contributed by atoms with E-state index >= 15 is 0 Å². The average molecular weight is 430 g/mol. The van der Waals surface area contributed by atoms with Crippen LogP contribution in [-0.2, 0) is 4.74 Å². The van der Waals surface area contributed by atoms with E-state index in [1.165, 1.54) is 25.7 Å². The van der Waals surface area contributed by atoms with E-state index in [9.17, 15) is 10.3 Å². The van der Waals surface area contributed by atoms with E-state index in [1.807, 2.05) is 0 Å². The van der Waals surface area contributed by atoms with Gasteiger partial charge in [0.15, 0.2) is 0 Å². The Balaban J connectivity index is 1.29. The van der Waals surface area contributed by atoms with Gasteiger partial charge in [0.05, 0.1) is 12.2 Å². The van der Waals surface area contributed by atoms with Gasteiger partial charge < -0.3 is 15.1 Å². The molecule has 0 amide bonds. The molecule has 0 unspecified atom stereocenters. The summed E-state index contributed by atoms with van der Waals surface area (Å²) in [5.41, 5.74) is 1.74. The van der Waals surface area contributed by atoms with Crippen LogP contribution in [0.3, 0.4) is 0 Å². The monoisotopic (exact) mass is 429 g/mol. The van der Waals surface area contributed by atoms with Crippen LogP contribution < -0.4 is 0 Å². The van der Waals surface area contributed by atoms with Crippen LogP contribution in [0.5, 0.6) is 0 Å². The van der Waals surface area contributed by atoms with Crippen LogP contribution in [0.25, 0.3) is 0 Å². The molecule has 2 saturated heterocycles.